The van der Waals surface area contributed by atoms with E-state index in [0.29, 0.717) is 6.61 Å². The average Bonchev–Trinajstić information content (AvgIpc) is 2.16. The maximum absolute atomic E-state index is 4.96. The van der Waals surface area contributed by atoms with Crippen molar-refractivity contribution in [3.63, 3.8) is 0 Å². The second-order valence-electron chi connectivity index (χ2n) is 2.44. The average molecular weight is 246 g/mol. The quantitative estimate of drug-likeness (QED) is 0.798. The zero-order valence-electron chi connectivity index (χ0n) is 7.46. The first-order valence-electron chi connectivity index (χ1n) is 3.96. The fraction of sp³-hybridized carbons (Fsp3) is 0.500. The van der Waals surface area contributed by atoms with Crippen LogP contribution in [0, 0.1) is 0 Å². The lowest BCUT2D eigenvalue weighted by molar-refractivity contribution is 0.181. The number of rotatable bonds is 5. The number of aromatic nitrogens is 2. The highest BCUT2D eigenvalue weighted by Crippen LogP contribution is 2.04. The number of alkyl halides is 1. The highest BCUT2D eigenvalue weighted by Gasteiger charge is 1.96. The molecule has 0 bridgehead atoms. The van der Waals surface area contributed by atoms with E-state index in [0.717, 1.165) is 23.4 Å². The van der Waals surface area contributed by atoms with E-state index in [9.17, 15) is 0 Å². The van der Waals surface area contributed by atoms with Gasteiger partial charge in [0.05, 0.1) is 12.3 Å². The first-order chi connectivity index (χ1) is 6.36. The molecule has 0 aliphatic rings. The van der Waals surface area contributed by atoms with Gasteiger partial charge in [0, 0.05) is 25.1 Å². The van der Waals surface area contributed by atoms with Gasteiger partial charge >= 0.3 is 0 Å². The molecule has 0 radical (unpaired) electrons. The number of nitrogens with zero attached hydrogens (tertiary/aromatic N) is 2. The second-order valence-corrected chi connectivity index (χ2v) is 3.24. The molecule has 5 heteroatoms. The number of nitrogens with one attached hydrogen (secondary N) is 1. The molecular weight excluding hydrogens is 234 g/mol. The van der Waals surface area contributed by atoms with Crippen molar-refractivity contribution >= 4 is 21.7 Å². The van der Waals surface area contributed by atoms with Crippen LogP contribution in [0.3, 0.4) is 0 Å². The van der Waals surface area contributed by atoms with Crippen molar-refractivity contribution in [2.45, 2.75) is 6.61 Å². The summed E-state index contributed by atoms with van der Waals surface area (Å²) in [5.74, 6) is 0.835. The molecule has 1 aromatic rings. The largest absolute Gasteiger partial charge is 0.378 e. The van der Waals surface area contributed by atoms with E-state index in [4.69, 9.17) is 4.74 Å². The van der Waals surface area contributed by atoms with Crippen LogP contribution in [0.4, 0.5) is 5.82 Å². The van der Waals surface area contributed by atoms with Crippen LogP contribution in [0.15, 0.2) is 12.4 Å². The molecule has 0 unspecified atom stereocenters. The van der Waals surface area contributed by atoms with E-state index in [1.807, 2.05) is 6.07 Å². The minimum atomic E-state index is 0.519. The Hall–Kier alpha value is -0.680. The summed E-state index contributed by atoms with van der Waals surface area (Å²) < 4.78 is 4.96. The molecule has 1 rings (SSSR count). The minimum Gasteiger partial charge on any atom is -0.378 e. The van der Waals surface area contributed by atoms with Crippen molar-refractivity contribution in [3.05, 3.63) is 18.1 Å². The van der Waals surface area contributed by atoms with Crippen LogP contribution in [0.2, 0.25) is 0 Å². The van der Waals surface area contributed by atoms with Gasteiger partial charge in [-0.1, -0.05) is 15.9 Å². The van der Waals surface area contributed by atoms with Crippen LogP contribution in [0.1, 0.15) is 5.69 Å². The standard InChI is InChI=1S/C8H12BrN3O/c1-13-5-7-4-8(10-3-2-9)12-6-11-7/h4,6H,2-3,5H2,1H3,(H,10,11,12). The summed E-state index contributed by atoms with van der Waals surface area (Å²) in [6.07, 6.45) is 1.53. The van der Waals surface area contributed by atoms with Crippen molar-refractivity contribution < 1.29 is 4.74 Å². The normalized spacial score (nSPS) is 10.0. The third-order valence-corrected chi connectivity index (χ3v) is 1.81. The highest BCUT2D eigenvalue weighted by atomic mass is 79.9. The minimum absolute atomic E-state index is 0.519. The Morgan fingerprint density at radius 1 is 1.54 bits per heavy atom. The molecule has 0 atom stereocenters. The van der Waals surface area contributed by atoms with Crippen LogP contribution in [0.5, 0.6) is 0 Å². The van der Waals surface area contributed by atoms with Gasteiger partial charge < -0.3 is 10.1 Å². The highest BCUT2D eigenvalue weighted by molar-refractivity contribution is 9.09. The summed E-state index contributed by atoms with van der Waals surface area (Å²) in [6.45, 7) is 1.37. The molecule has 4 nitrogen and oxygen atoms in total. The summed E-state index contributed by atoms with van der Waals surface area (Å²) in [5.41, 5.74) is 0.884. The molecule has 0 aliphatic heterocycles. The Morgan fingerprint density at radius 3 is 3.08 bits per heavy atom. The van der Waals surface area contributed by atoms with Crippen molar-refractivity contribution in [2.75, 3.05) is 24.3 Å². The van der Waals surface area contributed by atoms with Gasteiger partial charge in [0.15, 0.2) is 0 Å². The van der Waals surface area contributed by atoms with Crippen LogP contribution in [0.25, 0.3) is 0 Å². The van der Waals surface area contributed by atoms with Crippen LogP contribution in [-0.2, 0) is 11.3 Å². The summed E-state index contributed by atoms with van der Waals surface area (Å²) in [4.78, 5) is 8.11. The summed E-state index contributed by atoms with van der Waals surface area (Å²) in [5, 5.41) is 4.04. The zero-order valence-corrected chi connectivity index (χ0v) is 9.04. The molecule has 0 saturated heterocycles. The molecule has 1 N–H and O–H groups in total. The molecule has 13 heavy (non-hydrogen) atoms. The predicted octanol–water partition coefficient (Wildman–Crippen LogP) is 1.43. The summed E-state index contributed by atoms with van der Waals surface area (Å²) in [6, 6.07) is 1.88. The smallest absolute Gasteiger partial charge is 0.129 e. The Balaban J connectivity index is 2.56. The molecule has 1 aromatic heterocycles. The number of anilines is 1. The maximum Gasteiger partial charge on any atom is 0.129 e. The molecule has 0 saturated carbocycles. The zero-order chi connectivity index (χ0) is 9.52. The molecule has 1 heterocycles. The van der Waals surface area contributed by atoms with E-state index in [2.05, 4.69) is 31.2 Å². The fourth-order valence-electron chi connectivity index (χ4n) is 0.896. The topological polar surface area (TPSA) is 47.0 Å². The van der Waals surface area contributed by atoms with E-state index >= 15 is 0 Å². The van der Waals surface area contributed by atoms with E-state index in [-0.39, 0.29) is 0 Å². The van der Waals surface area contributed by atoms with Gasteiger partial charge in [-0.05, 0) is 0 Å². The van der Waals surface area contributed by atoms with Gasteiger partial charge in [-0.3, -0.25) is 0 Å². The Morgan fingerprint density at radius 2 is 2.38 bits per heavy atom. The first-order valence-corrected chi connectivity index (χ1v) is 5.08. The number of hydrogen-bond acceptors (Lipinski definition) is 4. The maximum atomic E-state index is 4.96. The van der Waals surface area contributed by atoms with E-state index in [1.54, 1.807) is 7.11 Å². The number of hydrogen-bond donors (Lipinski definition) is 1. The number of methoxy groups -OCH3 is 1. The van der Waals surface area contributed by atoms with Crippen molar-refractivity contribution in [2.24, 2.45) is 0 Å². The molecule has 0 aliphatic carbocycles. The van der Waals surface area contributed by atoms with E-state index < -0.39 is 0 Å². The van der Waals surface area contributed by atoms with Crippen molar-refractivity contribution in [1.82, 2.24) is 9.97 Å². The first kappa shape index (κ1) is 10.4. The fourth-order valence-corrected chi connectivity index (χ4v) is 1.09. The third kappa shape index (κ3) is 3.69. The van der Waals surface area contributed by atoms with Gasteiger partial charge in [0.25, 0.3) is 0 Å². The van der Waals surface area contributed by atoms with Crippen LogP contribution >= 0.6 is 15.9 Å². The Bertz CT molecular complexity index is 257. The van der Waals surface area contributed by atoms with Crippen molar-refractivity contribution in [1.29, 1.82) is 0 Å². The number of halogens is 1. The lowest BCUT2D eigenvalue weighted by atomic mass is 10.4. The van der Waals surface area contributed by atoms with E-state index in [1.165, 1.54) is 6.33 Å². The van der Waals surface area contributed by atoms with Gasteiger partial charge in [0.2, 0.25) is 0 Å². The molecule has 0 fully saturated rings. The number of ether oxygens (including phenoxy) is 1. The molecular formula is C8H12BrN3O. The Kier molecular flexibility index (Phi) is 4.70. The SMILES string of the molecule is COCc1cc(NCCBr)ncn1. The lowest BCUT2D eigenvalue weighted by Gasteiger charge is -2.04. The molecule has 0 amide bonds. The summed E-state index contributed by atoms with van der Waals surface area (Å²) >= 11 is 3.33. The predicted molar refractivity (Wildman–Crippen MR) is 55.0 cm³/mol. The molecule has 0 aromatic carbocycles. The third-order valence-electron chi connectivity index (χ3n) is 1.42. The van der Waals surface area contributed by atoms with Gasteiger partial charge in [-0.2, -0.15) is 0 Å². The summed E-state index contributed by atoms with van der Waals surface area (Å²) in [7, 11) is 1.65. The van der Waals surface area contributed by atoms with Crippen LogP contribution < -0.4 is 5.32 Å². The molecule has 0 spiro atoms. The van der Waals surface area contributed by atoms with Crippen molar-refractivity contribution in [3.8, 4) is 0 Å². The van der Waals surface area contributed by atoms with Crippen LogP contribution in [-0.4, -0.2) is 29.0 Å². The monoisotopic (exact) mass is 245 g/mol. The van der Waals surface area contributed by atoms with Gasteiger partial charge in [-0.15, -0.1) is 0 Å². The van der Waals surface area contributed by atoms with Gasteiger partial charge in [0.1, 0.15) is 12.1 Å². The second kappa shape index (κ2) is 5.88. The van der Waals surface area contributed by atoms with Gasteiger partial charge in [-0.25, -0.2) is 9.97 Å². The molecule has 72 valence electrons. The Labute approximate surface area is 85.9 Å². The lowest BCUT2D eigenvalue weighted by Crippen LogP contribution is -2.05.